The van der Waals surface area contributed by atoms with Gasteiger partial charge in [0.2, 0.25) is 0 Å². The Morgan fingerprint density at radius 3 is 2.75 bits per heavy atom. The van der Waals surface area contributed by atoms with Gasteiger partial charge in [-0.05, 0) is 25.0 Å². The molecule has 0 amide bonds. The van der Waals surface area contributed by atoms with Crippen molar-refractivity contribution < 1.29 is 4.79 Å². The van der Waals surface area contributed by atoms with Crippen LogP contribution in [-0.2, 0) is 6.42 Å². The first-order valence-corrected chi connectivity index (χ1v) is 4.32. The number of benzene rings is 1. The Morgan fingerprint density at radius 2 is 2.17 bits per heavy atom. The molecule has 0 saturated carbocycles. The highest BCUT2D eigenvalue weighted by Gasteiger charge is 1.99. The number of carbonyl (C=O) groups excluding carboxylic acids is 1. The molecule has 1 nitrogen and oxygen atoms in total. The lowest BCUT2D eigenvalue weighted by molar-refractivity contribution is 0.112. The van der Waals surface area contributed by atoms with E-state index in [0.29, 0.717) is 0 Å². The largest absolute Gasteiger partial charge is 0.298 e. The molecule has 64 valence electrons. The molecule has 0 fully saturated rings. The quantitative estimate of drug-likeness (QED) is 0.624. The van der Waals surface area contributed by atoms with Crippen molar-refractivity contribution in [3.63, 3.8) is 0 Å². The molecule has 1 heteroatoms. The van der Waals surface area contributed by atoms with Gasteiger partial charge in [-0.3, -0.25) is 4.79 Å². The molecule has 1 aromatic rings. The van der Waals surface area contributed by atoms with Crippen molar-refractivity contribution in [3.8, 4) is 0 Å². The van der Waals surface area contributed by atoms with Gasteiger partial charge < -0.3 is 0 Å². The molecular formula is C11H14O. The van der Waals surface area contributed by atoms with Crippen molar-refractivity contribution in [1.29, 1.82) is 0 Å². The van der Waals surface area contributed by atoms with Gasteiger partial charge in [-0.2, -0.15) is 0 Å². The smallest absolute Gasteiger partial charge is 0.150 e. The van der Waals surface area contributed by atoms with Crippen LogP contribution in [-0.4, -0.2) is 6.29 Å². The summed E-state index contributed by atoms with van der Waals surface area (Å²) in [5.41, 5.74) is 3.16. The highest BCUT2D eigenvalue weighted by Crippen LogP contribution is 2.11. The predicted octanol–water partition coefficient (Wildman–Crippen LogP) is 2.76. The highest BCUT2D eigenvalue weighted by atomic mass is 16.1. The molecule has 0 radical (unpaired) electrons. The Hall–Kier alpha value is -1.11. The highest BCUT2D eigenvalue weighted by molar-refractivity contribution is 5.77. The van der Waals surface area contributed by atoms with Gasteiger partial charge in [-0.15, -0.1) is 0 Å². The molecule has 0 aromatic heterocycles. The Kier molecular flexibility index (Phi) is 3.03. The third-order valence-corrected chi connectivity index (χ3v) is 1.95. The Bertz CT molecular complexity index is 276. The third-order valence-electron chi connectivity index (χ3n) is 1.95. The predicted molar refractivity (Wildman–Crippen MR) is 50.6 cm³/mol. The van der Waals surface area contributed by atoms with E-state index in [1.54, 1.807) is 0 Å². The number of rotatable bonds is 3. The topological polar surface area (TPSA) is 17.1 Å². The van der Waals surface area contributed by atoms with Crippen molar-refractivity contribution in [2.45, 2.75) is 26.7 Å². The van der Waals surface area contributed by atoms with Crippen molar-refractivity contribution in [1.82, 2.24) is 0 Å². The van der Waals surface area contributed by atoms with E-state index in [9.17, 15) is 4.79 Å². The van der Waals surface area contributed by atoms with E-state index in [1.165, 1.54) is 0 Å². The van der Waals surface area contributed by atoms with Crippen molar-refractivity contribution in [3.05, 3.63) is 34.9 Å². The van der Waals surface area contributed by atoms with Crippen LogP contribution in [0.5, 0.6) is 0 Å². The van der Waals surface area contributed by atoms with Crippen molar-refractivity contribution >= 4 is 6.29 Å². The summed E-state index contributed by atoms with van der Waals surface area (Å²) in [5, 5.41) is 0. The molecule has 0 aliphatic rings. The number of aldehydes is 1. The maximum Gasteiger partial charge on any atom is 0.150 e. The molecule has 12 heavy (non-hydrogen) atoms. The molecular weight excluding hydrogens is 148 g/mol. The Labute approximate surface area is 73.4 Å². The first-order chi connectivity index (χ1) is 5.77. The van der Waals surface area contributed by atoms with E-state index >= 15 is 0 Å². The standard InChI is InChI=1S/C11H14O/c1-3-4-10-6-5-9(2)7-11(10)8-12/h5-8H,3-4H2,1-2H3. The van der Waals surface area contributed by atoms with E-state index in [-0.39, 0.29) is 0 Å². The fourth-order valence-electron chi connectivity index (χ4n) is 1.32. The fraction of sp³-hybridized carbons (Fsp3) is 0.364. The van der Waals surface area contributed by atoms with Crippen molar-refractivity contribution in [2.24, 2.45) is 0 Å². The van der Waals surface area contributed by atoms with Gasteiger partial charge in [-0.1, -0.05) is 31.0 Å². The van der Waals surface area contributed by atoms with Gasteiger partial charge in [0.05, 0.1) is 0 Å². The summed E-state index contributed by atoms with van der Waals surface area (Å²) < 4.78 is 0. The minimum Gasteiger partial charge on any atom is -0.298 e. The molecule has 1 rings (SSSR count). The summed E-state index contributed by atoms with van der Waals surface area (Å²) in [6.07, 6.45) is 3.02. The molecule has 0 atom stereocenters. The van der Waals surface area contributed by atoms with Crippen LogP contribution in [0.1, 0.15) is 34.8 Å². The van der Waals surface area contributed by atoms with Gasteiger partial charge in [-0.25, -0.2) is 0 Å². The molecule has 0 N–H and O–H groups in total. The molecule has 0 heterocycles. The van der Waals surface area contributed by atoms with Crippen LogP contribution in [0, 0.1) is 6.92 Å². The number of carbonyl (C=O) groups is 1. The summed E-state index contributed by atoms with van der Waals surface area (Å²) in [6, 6.07) is 6.04. The molecule has 0 saturated heterocycles. The van der Waals surface area contributed by atoms with Crippen LogP contribution < -0.4 is 0 Å². The second-order valence-electron chi connectivity index (χ2n) is 3.07. The lowest BCUT2D eigenvalue weighted by atomic mass is 10.0. The van der Waals surface area contributed by atoms with Crippen LogP contribution in [0.3, 0.4) is 0 Å². The first kappa shape index (κ1) is 8.98. The van der Waals surface area contributed by atoms with Gasteiger partial charge in [0.1, 0.15) is 6.29 Å². The van der Waals surface area contributed by atoms with Crippen LogP contribution >= 0.6 is 0 Å². The number of aryl methyl sites for hydroxylation is 2. The van der Waals surface area contributed by atoms with Gasteiger partial charge in [0.25, 0.3) is 0 Å². The molecule has 0 spiro atoms. The second-order valence-corrected chi connectivity index (χ2v) is 3.07. The van der Waals surface area contributed by atoms with E-state index in [4.69, 9.17) is 0 Å². The average Bonchev–Trinajstić information content (AvgIpc) is 2.08. The summed E-state index contributed by atoms with van der Waals surface area (Å²) in [6.45, 7) is 4.12. The van der Waals surface area contributed by atoms with E-state index in [0.717, 1.165) is 35.8 Å². The summed E-state index contributed by atoms with van der Waals surface area (Å²) in [7, 11) is 0. The minimum absolute atomic E-state index is 0.844. The maximum atomic E-state index is 10.7. The normalized spacial score (nSPS) is 9.83. The molecule has 0 bridgehead atoms. The molecule has 0 unspecified atom stereocenters. The van der Waals surface area contributed by atoms with Crippen LogP contribution in [0.4, 0.5) is 0 Å². The van der Waals surface area contributed by atoms with Gasteiger partial charge >= 0.3 is 0 Å². The van der Waals surface area contributed by atoms with E-state index in [1.807, 2.05) is 19.1 Å². The zero-order valence-electron chi connectivity index (χ0n) is 7.63. The maximum absolute atomic E-state index is 10.7. The number of hydrogen-bond donors (Lipinski definition) is 0. The zero-order chi connectivity index (χ0) is 8.97. The van der Waals surface area contributed by atoms with Crippen LogP contribution in [0.25, 0.3) is 0 Å². The summed E-state index contributed by atoms with van der Waals surface area (Å²) in [5.74, 6) is 0. The third kappa shape index (κ3) is 1.94. The minimum atomic E-state index is 0.844. The molecule has 0 aliphatic carbocycles. The summed E-state index contributed by atoms with van der Waals surface area (Å²) in [4.78, 5) is 10.7. The SMILES string of the molecule is CCCc1ccc(C)cc1C=O. The van der Waals surface area contributed by atoms with Crippen molar-refractivity contribution in [2.75, 3.05) is 0 Å². The van der Waals surface area contributed by atoms with E-state index in [2.05, 4.69) is 13.0 Å². The fourth-order valence-corrected chi connectivity index (χ4v) is 1.32. The van der Waals surface area contributed by atoms with Crippen LogP contribution in [0.2, 0.25) is 0 Å². The monoisotopic (exact) mass is 162 g/mol. The number of hydrogen-bond acceptors (Lipinski definition) is 1. The second kappa shape index (κ2) is 4.05. The summed E-state index contributed by atoms with van der Waals surface area (Å²) >= 11 is 0. The molecule has 0 aliphatic heterocycles. The average molecular weight is 162 g/mol. The lowest BCUT2D eigenvalue weighted by Crippen LogP contribution is -1.92. The lowest BCUT2D eigenvalue weighted by Gasteiger charge is -2.03. The molecule has 1 aromatic carbocycles. The Morgan fingerprint density at radius 1 is 1.42 bits per heavy atom. The van der Waals surface area contributed by atoms with E-state index < -0.39 is 0 Å². The Balaban J connectivity index is 3.02. The zero-order valence-corrected chi connectivity index (χ0v) is 7.63. The van der Waals surface area contributed by atoms with Gasteiger partial charge in [0.15, 0.2) is 0 Å². The van der Waals surface area contributed by atoms with Crippen LogP contribution in [0.15, 0.2) is 18.2 Å². The van der Waals surface area contributed by atoms with Gasteiger partial charge in [0, 0.05) is 5.56 Å². The first-order valence-electron chi connectivity index (χ1n) is 4.32.